The molecule has 96 valence electrons. The van der Waals surface area contributed by atoms with Crippen LogP contribution >= 0.6 is 11.6 Å². The van der Waals surface area contributed by atoms with Crippen LogP contribution in [0.15, 0.2) is 18.3 Å². The molecule has 0 aliphatic rings. The molecule has 0 aliphatic carbocycles. The van der Waals surface area contributed by atoms with Crippen LogP contribution in [0.25, 0.3) is 0 Å². The van der Waals surface area contributed by atoms with Gasteiger partial charge in [-0.25, -0.2) is 17.7 Å². The summed E-state index contributed by atoms with van der Waals surface area (Å²) in [4.78, 5) is 3.85. The summed E-state index contributed by atoms with van der Waals surface area (Å²) in [5.74, 6) is -0.0992. The fraction of sp³-hybridized carbons (Fsp3) is 0.500. The Hall–Kier alpha value is -0.690. The van der Waals surface area contributed by atoms with Crippen LogP contribution in [0, 0.1) is 0 Å². The summed E-state index contributed by atoms with van der Waals surface area (Å²) in [6, 6.07) is 2.99. The maximum atomic E-state index is 12.0. The van der Waals surface area contributed by atoms with Crippen LogP contribution in [0.4, 0.5) is 0 Å². The SMILES string of the molecule is CC(CN)N(C)S(=O)(=O)Cc1ccc(Cl)nc1. The number of aromatic nitrogens is 1. The first-order chi connectivity index (χ1) is 7.86. The second-order valence-electron chi connectivity index (χ2n) is 3.85. The molecule has 1 rings (SSSR count). The maximum absolute atomic E-state index is 12.0. The van der Waals surface area contributed by atoms with Crippen LogP contribution in [0.2, 0.25) is 5.15 Å². The number of likely N-dealkylation sites (N-methyl/N-ethyl adjacent to an activating group) is 1. The minimum Gasteiger partial charge on any atom is -0.329 e. The molecule has 0 bridgehead atoms. The lowest BCUT2D eigenvalue weighted by atomic mass is 10.3. The van der Waals surface area contributed by atoms with Crippen molar-refractivity contribution in [1.29, 1.82) is 0 Å². The predicted octanol–water partition coefficient (Wildman–Crippen LogP) is 0.844. The smallest absolute Gasteiger partial charge is 0.218 e. The Bertz CT molecular complexity index is 461. The Morgan fingerprint density at radius 2 is 2.18 bits per heavy atom. The van der Waals surface area contributed by atoms with Gasteiger partial charge in [-0.2, -0.15) is 0 Å². The Kier molecular flexibility index (Phi) is 4.88. The van der Waals surface area contributed by atoms with Gasteiger partial charge in [0.05, 0.1) is 5.75 Å². The molecular weight excluding hydrogens is 262 g/mol. The van der Waals surface area contributed by atoms with E-state index in [-0.39, 0.29) is 18.3 Å². The summed E-state index contributed by atoms with van der Waals surface area (Å²) in [6.07, 6.45) is 1.46. The van der Waals surface area contributed by atoms with E-state index in [0.29, 0.717) is 10.7 Å². The number of nitrogens with two attached hydrogens (primary N) is 1. The molecule has 0 radical (unpaired) electrons. The zero-order valence-corrected chi connectivity index (χ0v) is 11.4. The molecular formula is C10H16ClN3O2S. The van der Waals surface area contributed by atoms with Crippen molar-refractivity contribution in [2.75, 3.05) is 13.6 Å². The van der Waals surface area contributed by atoms with E-state index in [1.165, 1.54) is 17.5 Å². The molecule has 17 heavy (non-hydrogen) atoms. The van der Waals surface area contributed by atoms with Crippen molar-refractivity contribution in [2.24, 2.45) is 5.73 Å². The quantitative estimate of drug-likeness (QED) is 0.810. The van der Waals surface area contributed by atoms with E-state index in [0.717, 1.165) is 0 Å². The topological polar surface area (TPSA) is 76.3 Å². The van der Waals surface area contributed by atoms with Crippen molar-refractivity contribution in [1.82, 2.24) is 9.29 Å². The second kappa shape index (κ2) is 5.77. The van der Waals surface area contributed by atoms with Crippen LogP contribution in [0.5, 0.6) is 0 Å². The maximum Gasteiger partial charge on any atom is 0.218 e. The second-order valence-corrected chi connectivity index (χ2v) is 6.26. The van der Waals surface area contributed by atoms with Crippen molar-refractivity contribution in [3.63, 3.8) is 0 Å². The molecule has 0 aliphatic heterocycles. The predicted molar refractivity (Wildman–Crippen MR) is 68.2 cm³/mol. The monoisotopic (exact) mass is 277 g/mol. The van der Waals surface area contributed by atoms with Gasteiger partial charge in [0, 0.05) is 25.8 Å². The first kappa shape index (κ1) is 14.4. The standard InChI is InChI=1S/C10H16ClN3O2S/c1-8(5-12)14(2)17(15,16)7-9-3-4-10(11)13-6-9/h3-4,6,8H,5,7,12H2,1-2H3. The van der Waals surface area contributed by atoms with E-state index in [9.17, 15) is 8.42 Å². The molecule has 0 saturated heterocycles. The number of sulfonamides is 1. The zero-order valence-electron chi connectivity index (χ0n) is 9.80. The van der Waals surface area contributed by atoms with Crippen molar-refractivity contribution in [2.45, 2.75) is 18.7 Å². The van der Waals surface area contributed by atoms with Gasteiger partial charge in [0.15, 0.2) is 0 Å². The highest BCUT2D eigenvalue weighted by Gasteiger charge is 2.22. The van der Waals surface area contributed by atoms with E-state index in [2.05, 4.69) is 4.98 Å². The van der Waals surface area contributed by atoms with Crippen LogP contribution in [0.1, 0.15) is 12.5 Å². The molecule has 2 N–H and O–H groups in total. The lowest BCUT2D eigenvalue weighted by molar-refractivity contribution is 0.394. The molecule has 0 amide bonds. The molecule has 7 heteroatoms. The van der Waals surface area contributed by atoms with Crippen LogP contribution in [-0.2, 0) is 15.8 Å². The summed E-state index contributed by atoms with van der Waals surface area (Å²) in [5.41, 5.74) is 6.05. The van der Waals surface area contributed by atoms with E-state index in [1.54, 1.807) is 19.1 Å². The molecule has 0 fully saturated rings. The number of halogens is 1. The summed E-state index contributed by atoms with van der Waals surface area (Å²) >= 11 is 5.63. The minimum atomic E-state index is -3.37. The third-order valence-electron chi connectivity index (χ3n) is 2.54. The number of rotatable bonds is 5. The van der Waals surface area contributed by atoms with Gasteiger partial charge >= 0.3 is 0 Å². The first-order valence-corrected chi connectivity index (χ1v) is 7.11. The van der Waals surface area contributed by atoms with E-state index in [1.807, 2.05) is 0 Å². The molecule has 1 unspecified atom stereocenters. The molecule has 1 atom stereocenters. The van der Waals surface area contributed by atoms with Crippen molar-refractivity contribution >= 4 is 21.6 Å². The fourth-order valence-electron chi connectivity index (χ4n) is 1.23. The largest absolute Gasteiger partial charge is 0.329 e. The summed E-state index contributed by atoms with van der Waals surface area (Å²) in [7, 11) is -1.84. The molecule has 5 nitrogen and oxygen atoms in total. The highest BCUT2D eigenvalue weighted by Crippen LogP contribution is 2.12. The molecule has 1 aromatic heterocycles. The third kappa shape index (κ3) is 3.92. The van der Waals surface area contributed by atoms with Gasteiger partial charge < -0.3 is 5.73 Å². The van der Waals surface area contributed by atoms with Gasteiger partial charge in [0.2, 0.25) is 10.0 Å². The normalized spacial score (nSPS) is 13.9. The van der Waals surface area contributed by atoms with Crippen molar-refractivity contribution < 1.29 is 8.42 Å². The third-order valence-corrected chi connectivity index (χ3v) is 4.70. The molecule has 0 aromatic carbocycles. The highest BCUT2D eigenvalue weighted by atomic mass is 35.5. The Balaban J connectivity index is 2.83. The molecule has 0 spiro atoms. The first-order valence-electron chi connectivity index (χ1n) is 5.13. The minimum absolute atomic E-state index is 0.0992. The Morgan fingerprint density at radius 3 is 2.65 bits per heavy atom. The Labute approximate surface area is 107 Å². The van der Waals surface area contributed by atoms with E-state index < -0.39 is 10.0 Å². The summed E-state index contributed by atoms with van der Waals surface area (Å²) in [6.45, 7) is 2.05. The van der Waals surface area contributed by atoms with Crippen LogP contribution < -0.4 is 5.73 Å². The number of pyridine rings is 1. The van der Waals surface area contributed by atoms with E-state index >= 15 is 0 Å². The van der Waals surface area contributed by atoms with Gasteiger partial charge in [-0.15, -0.1) is 0 Å². The lowest BCUT2D eigenvalue weighted by Gasteiger charge is -2.22. The number of nitrogens with zero attached hydrogens (tertiary/aromatic N) is 2. The van der Waals surface area contributed by atoms with Crippen LogP contribution in [0.3, 0.4) is 0 Å². The molecule has 0 saturated carbocycles. The number of hydrogen-bond donors (Lipinski definition) is 1. The van der Waals surface area contributed by atoms with Crippen LogP contribution in [-0.4, -0.2) is 37.3 Å². The van der Waals surface area contributed by atoms with Crippen molar-refractivity contribution in [3.8, 4) is 0 Å². The molecule has 1 heterocycles. The van der Waals surface area contributed by atoms with E-state index in [4.69, 9.17) is 17.3 Å². The Morgan fingerprint density at radius 1 is 1.53 bits per heavy atom. The van der Waals surface area contributed by atoms with Gasteiger partial charge in [-0.05, 0) is 18.6 Å². The average Bonchev–Trinajstić information content (AvgIpc) is 2.30. The van der Waals surface area contributed by atoms with Gasteiger partial charge in [-0.3, -0.25) is 0 Å². The summed E-state index contributed by atoms with van der Waals surface area (Å²) < 4.78 is 25.3. The lowest BCUT2D eigenvalue weighted by Crippen LogP contribution is -2.40. The fourth-order valence-corrected chi connectivity index (χ4v) is 2.77. The summed E-state index contributed by atoms with van der Waals surface area (Å²) in [5, 5.41) is 0.342. The highest BCUT2D eigenvalue weighted by molar-refractivity contribution is 7.88. The molecule has 1 aromatic rings. The number of hydrogen-bond acceptors (Lipinski definition) is 4. The zero-order chi connectivity index (χ0) is 13.1. The van der Waals surface area contributed by atoms with Gasteiger partial charge in [-0.1, -0.05) is 17.7 Å². The average molecular weight is 278 g/mol. The van der Waals surface area contributed by atoms with Crippen molar-refractivity contribution in [3.05, 3.63) is 29.0 Å². The van der Waals surface area contributed by atoms with Gasteiger partial charge in [0.1, 0.15) is 5.15 Å². The van der Waals surface area contributed by atoms with Gasteiger partial charge in [0.25, 0.3) is 0 Å².